The molecule has 0 aromatic rings. The molecule has 0 amide bonds. The lowest BCUT2D eigenvalue weighted by Gasteiger charge is -2.55. The van der Waals surface area contributed by atoms with Crippen molar-refractivity contribution in [3.8, 4) is 0 Å². The summed E-state index contributed by atoms with van der Waals surface area (Å²) in [7, 11) is 0. The average molecular weight is 284 g/mol. The first-order valence-corrected chi connectivity index (χ1v) is 7.60. The molecule has 0 spiro atoms. The maximum atomic E-state index is 11.9. The van der Waals surface area contributed by atoms with Crippen molar-refractivity contribution in [2.24, 2.45) is 29.6 Å². The number of aliphatic hydroxyl groups excluding tert-OH is 1. The second-order valence-electron chi connectivity index (χ2n) is 6.97. The molecule has 20 heavy (non-hydrogen) atoms. The summed E-state index contributed by atoms with van der Waals surface area (Å²) in [5.74, 6) is 0.188. The molecule has 3 aliphatic rings. The fraction of sp³-hybridized carbons (Fsp3) is 0.933. The van der Waals surface area contributed by atoms with Crippen molar-refractivity contribution in [2.45, 2.75) is 58.0 Å². The third-order valence-corrected chi connectivity index (χ3v) is 6.15. The number of carbonyl (C=O) groups excluding carboxylic acids is 1. The normalized spacial score (nSPS) is 54.5. The molecule has 3 rings (SSSR count). The van der Waals surface area contributed by atoms with Crippen LogP contribution >= 0.6 is 0 Å². The maximum Gasteiger partial charge on any atom is 0.158 e. The van der Waals surface area contributed by atoms with E-state index in [1.807, 2.05) is 6.92 Å². The minimum atomic E-state index is -0.887. The first-order chi connectivity index (χ1) is 9.43. The molecule has 2 saturated carbocycles. The molecule has 1 heterocycles. The van der Waals surface area contributed by atoms with Crippen LogP contribution in [-0.4, -0.2) is 34.1 Å². The lowest BCUT2D eigenvalue weighted by molar-refractivity contribution is -0.414. The van der Waals surface area contributed by atoms with E-state index in [9.17, 15) is 15.2 Å². The average Bonchev–Trinajstić information content (AvgIpc) is 2.75. The summed E-state index contributed by atoms with van der Waals surface area (Å²) >= 11 is 0. The molecule has 5 nitrogen and oxygen atoms in total. The van der Waals surface area contributed by atoms with Gasteiger partial charge in [0.15, 0.2) is 6.29 Å². The van der Waals surface area contributed by atoms with Crippen LogP contribution in [-0.2, 0) is 14.4 Å². The fourth-order valence-corrected chi connectivity index (χ4v) is 5.05. The highest BCUT2D eigenvalue weighted by Crippen LogP contribution is 2.60. The van der Waals surface area contributed by atoms with Gasteiger partial charge < -0.3 is 9.84 Å². The Labute approximate surface area is 119 Å². The van der Waals surface area contributed by atoms with Crippen molar-refractivity contribution in [3.63, 3.8) is 0 Å². The lowest BCUT2D eigenvalue weighted by Crippen LogP contribution is -2.64. The number of aliphatic hydroxyl groups is 1. The summed E-state index contributed by atoms with van der Waals surface area (Å²) in [6, 6.07) is 0. The molecule has 8 atom stereocenters. The van der Waals surface area contributed by atoms with E-state index in [2.05, 4.69) is 6.92 Å². The molecule has 0 radical (unpaired) electrons. The Hall–Kier alpha value is -0.490. The third kappa shape index (κ3) is 1.67. The molecule has 1 saturated heterocycles. The number of rotatable bonds is 2. The second kappa shape index (κ2) is 4.77. The van der Waals surface area contributed by atoms with Crippen LogP contribution in [0.4, 0.5) is 0 Å². The second-order valence-corrected chi connectivity index (χ2v) is 6.97. The SMILES string of the molecule is CC(=O)[C@@H]1C[C@H]2[C@H](C)CC[C@H]3[C@@H](C)[C@H](O)O[C@@H]1[C@]32OO. The van der Waals surface area contributed by atoms with E-state index in [0.29, 0.717) is 12.3 Å². The van der Waals surface area contributed by atoms with E-state index in [1.165, 1.54) is 0 Å². The van der Waals surface area contributed by atoms with Crippen molar-refractivity contribution in [1.82, 2.24) is 0 Å². The standard InChI is InChI=1S/C15H24O5/c1-7-4-5-11-8(2)14(17)19-13-10(9(3)16)6-12(7)15(11,13)20-18/h7-8,10-14,17-18H,4-6H2,1-3H3/t7-,8-,10+,11+,12+,13+,14-,15+/m1/s1. The summed E-state index contributed by atoms with van der Waals surface area (Å²) in [6.07, 6.45) is 1.18. The number of hydrogen-bond acceptors (Lipinski definition) is 5. The van der Waals surface area contributed by atoms with Gasteiger partial charge in [0.2, 0.25) is 0 Å². The van der Waals surface area contributed by atoms with E-state index in [-0.39, 0.29) is 29.5 Å². The largest absolute Gasteiger partial charge is 0.368 e. The van der Waals surface area contributed by atoms with Crippen LogP contribution in [0.2, 0.25) is 0 Å². The lowest BCUT2D eigenvalue weighted by atomic mass is 9.60. The van der Waals surface area contributed by atoms with Crippen molar-refractivity contribution in [1.29, 1.82) is 0 Å². The fourth-order valence-electron chi connectivity index (χ4n) is 5.05. The van der Waals surface area contributed by atoms with Gasteiger partial charge in [-0.1, -0.05) is 13.8 Å². The summed E-state index contributed by atoms with van der Waals surface area (Å²) < 4.78 is 5.73. The first-order valence-electron chi connectivity index (χ1n) is 7.60. The molecule has 114 valence electrons. The highest BCUT2D eigenvalue weighted by Gasteiger charge is 2.69. The zero-order valence-corrected chi connectivity index (χ0v) is 12.3. The highest BCUT2D eigenvalue weighted by atomic mass is 17.1. The van der Waals surface area contributed by atoms with E-state index in [1.54, 1.807) is 6.92 Å². The van der Waals surface area contributed by atoms with Crippen molar-refractivity contribution in [2.75, 3.05) is 0 Å². The number of carbonyl (C=O) groups is 1. The van der Waals surface area contributed by atoms with Gasteiger partial charge in [-0.05, 0) is 38.0 Å². The van der Waals surface area contributed by atoms with Gasteiger partial charge in [0.05, 0.1) is 0 Å². The van der Waals surface area contributed by atoms with Gasteiger partial charge in [-0.2, -0.15) is 0 Å². The monoisotopic (exact) mass is 284 g/mol. The van der Waals surface area contributed by atoms with Crippen LogP contribution in [0.1, 0.15) is 40.0 Å². The quantitative estimate of drug-likeness (QED) is 0.598. The van der Waals surface area contributed by atoms with Gasteiger partial charge >= 0.3 is 0 Å². The summed E-state index contributed by atoms with van der Waals surface area (Å²) in [4.78, 5) is 17.0. The minimum Gasteiger partial charge on any atom is -0.368 e. The molecule has 0 unspecified atom stereocenters. The number of hydrogen-bond donors (Lipinski definition) is 2. The zero-order chi connectivity index (χ0) is 14.7. The van der Waals surface area contributed by atoms with E-state index in [4.69, 9.17) is 9.62 Å². The molecule has 0 aromatic carbocycles. The molecule has 0 bridgehead atoms. The number of ether oxygens (including phenoxy) is 1. The third-order valence-electron chi connectivity index (χ3n) is 6.15. The molecule has 1 aliphatic heterocycles. The smallest absolute Gasteiger partial charge is 0.158 e. The summed E-state index contributed by atoms with van der Waals surface area (Å²) in [6.45, 7) is 5.64. The predicted molar refractivity (Wildman–Crippen MR) is 70.7 cm³/mol. The summed E-state index contributed by atoms with van der Waals surface area (Å²) in [5.41, 5.74) is -0.827. The van der Waals surface area contributed by atoms with Crippen LogP contribution in [0.3, 0.4) is 0 Å². The maximum absolute atomic E-state index is 11.9. The zero-order valence-electron chi connectivity index (χ0n) is 12.3. The molecular formula is C15H24O5. The summed E-state index contributed by atoms with van der Waals surface area (Å²) in [5, 5.41) is 19.8. The number of Topliss-reactive ketones (excluding diaryl/α,β-unsaturated/α-hetero) is 1. The molecule has 5 heteroatoms. The Morgan fingerprint density at radius 1 is 1.30 bits per heavy atom. The van der Waals surface area contributed by atoms with Gasteiger partial charge in [0, 0.05) is 17.8 Å². The Kier molecular flexibility index (Phi) is 3.44. The van der Waals surface area contributed by atoms with E-state index in [0.717, 1.165) is 12.8 Å². The van der Waals surface area contributed by atoms with Crippen molar-refractivity contribution in [3.05, 3.63) is 0 Å². The Balaban J connectivity index is 2.07. The van der Waals surface area contributed by atoms with Crippen LogP contribution in [0.5, 0.6) is 0 Å². The van der Waals surface area contributed by atoms with Crippen LogP contribution in [0.25, 0.3) is 0 Å². The number of ketones is 1. The Bertz CT molecular complexity index is 411. The van der Waals surface area contributed by atoms with Gasteiger partial charge in [-0.15, -0.1) is 0 Å². The van der Waals surface area contributed by atoms with Crippen LogP contribution in [0.15, 0.2) is 0 Å². The van der Waals surface area contributed by atoms with Gasteiger partial charge in [0.25, 0.3) is 0 Å². The Morgan fingerprint density at radius 2 is 2.00 bits per heavy atom. The van der Waals surface area contributed by atoms with Gasteiger partial charge in [0.1, 0.15) is 17.5 Å². The first kappa shape index (κ1) is 14.4. The van der Waals surface area contributed by atoms with E-state index < -0.39 is 18.0 Å². The van der Waals surface area contributed by atoms with Gasteiger partial charge in [-0.25, -0.2) is 4.89 Å². The van der Waals surface area contributed by atoms with Crippen molar-refractivity contribution < 1.29 is 24.8 Å². The van der Waals surface area contributed by atoms with Gasteiger partial charge in [-0.3, -0.25) is 10.1 Å². The molecule has 3 fully saturated rings. The Morgan fingerprint density at radius 3 is 2.60 bits per heavy atom. The molecule has 2 aliphatic carbocycles. The predicted octanol–water partition coefficient (Wildman–Crippen LogP) is 1.84. The van der Waals surface area contributed by atoms with Crippen molar-refractivity contribution >= 4 is 5.78 Å². The van der Waals surface area contributed by atoms with E-state index >= 15 is 0 Å². The topological polar surface area (TPSA) is 76.0 Å². The molecule has 2 N–H and O–H groups in total. The highest BCUT2D eigenvalue weighted by molar-refractivity contribution is 5.79. The van der Waals surface area contributed by atoms with Crippen LogP contribution < -0.4 is 0 Å². The van der Waals surface area contributed by atoms with Crippen LogP contribution in [0, 0.1) is 29.6 Å². The minimum absolute atomic E-state index is 0.0341. The molecule has 0 aromatic heterocycles. The molecular weight excluding hydrogens is 260 g/mol.